The first-order valence-electron chi connectivity index (χ1n) is 10.5. The maximum Gasteiger partial charge on any atom is 0.269 e. The van der Waals surface area contributed by atoms with Crippen molar-refractivity contribution in [1.82, 2.24) is 25.2 Å². The molecule has 1 amide bonds. The predicted octanol–water partition coefficient (Wildman–Crippen LogP) is 2.62. The number of nitrogens with zero attached hydrogens (tertiary/aromatic N) is 3. The molecule has 3 aromatic rings. The molecule has 0 saturated carbocycles. The number of hydrogen-bond donors (Lipinski definition) is 2. The second-order valence-electron chi connectivity index (χ2n) is 7.86. The van der Waals surface area contributed by atoms with Crippen molar-refractivity contribution in [2.45, 2.75) is 38.6 Å². The quantitative estimate of drug-likeness (QED) is 0.681. The minimum atomic E-state index is -0.160. The number of hydrogen-bond acceptors (Lipinski definition) is 5. The van der Waals surface area contributed by atoms with E-state index in [-0.39, 0.29) is 11.5 Å². The second-order valence-corrected chi connectivity index (χ2v) is 7.86. The largest absolute Gasteiger partial charge is 0.354 e. The Morgan fingerprint density at radius 1 is 1.20 bits per heavy atom. The molecule has 2 N–H and O–H groups in total. The minimum absolute atomic E-state index is 0.0270. The van der Waals surface area contributed by atoms with Gasteiger partial charge in [0.25, 0.3) is 11.5 Å². The number of aryl methyl sites for hydroxylation is 1. The van der Waals surface area contributed by atoms with Crippen molar-refractivity contribution in [3.8, 4) is 0 Å². The first-order chi connectivity index (χ1) is 14.6. The molecule has 4 rings (SSSR count). The van der Waals surface area contributed by atoms with Crippen LogP contribution in [0, 0.1) is 0 Å². The Labute approximate surface area is 175 Å². The molecule has 1 saturated heterocycles. The van der Waals surface area contributed by atoms with Gasteiger partial charge in [-0.3, -0.25) is 24.5 Å². The second kappa shape index (κ2) is 8.75. The fourth-order valence-electron chi connectivity index (χ4n) is 4.11. The number of H-pyrrole nitrogens is 1. The highest BCUT2D eigenvalue weighted by atomic mass is 16.1. The fourth-order valence-corrected chi connectivity index (χ4v) is 4.11. The third kappa shape index (κ3) is 4.26. The summed E-state index contributed by atoms with van der Waals surface area (Å²) in [7, 11) is 1.61. The Hall–Kier alpha value is -3.06. The van der Waals surface area contributed by atoms with Crippen molar-refractivity contribution >= 4 is 16.9 Å². The monoisotopic (exact) mass is 405 g/mol. The summed E-state index contributed by atoms with van der Waals surface area (Å²) in [5.74, 6) is 0.304. The first-order valence-corrected chi connectivity index (χ1v) is 10.5. The molecule has 156 valence electrons. The maximum absolute atomic E-state index is 12.1. The van der Waals surface area contributed by atoms with Gasteiger partial charge < -0.3 is 10.3 Å². The molecule has 7 nitrogen and oxygen atoms in total. The van der Waals surface area contributed by atoms with E-state index >= 15 is 0 Å². The summed E-state index contributed by atoms with van der Waals surface area (Å²) in [4.78, 5) is 38.0. The predicted molar refractivity (Wildman–Crippen MR) is 117 cm³/mol. The molecular weight excluding hydrogens is 378 g/mol. The van der Waals surface area contributed by atoms with E-state index in [2.05, 4.69) is 25.2 Å². The van der Waals surface area contributed by atoms with Crippen molar-refractivity contribution < 1.29 is 4.79 Å². The Bertz CT molecular complexity index is 1100. The molecule has 0 radical (unpaired) electrons. The molecule has 3 aromatic heterocycles. The van der Waals surface area contributed by atoms with Crippen LogP contribution in [-0.4, -0.2) is 45.9 Å². The van der Waals surface area contributed by atoms with Crippen LogP contribution in [-0.2, 0) is 13.0 Å². The van der Waals surface area contributed by atoms with Gasteiger partial charge >= 0.3 is 0 Å². The van der Waals surface area contributed by atoms with Crippen molar-refractivity contribution in [1.29, 1.82) is 0 Å². The van der Waals surface area contributed by atoms with Gasteiger partial charge in [-0.25, -0.2) is 0 Å². The number of carbonyl (C=O) groups excluding carboxylic acids is 1. The first kappa shape index (κ1) is 20.2. The highest BCUT2D eigenvalue weighted by molar-refractivity contribution is 5.91. The number of fused-ring (bicyclic) bond motifs is 1. The van der Waals surface area contributed by atoms with Gasteiger partial charge in [0, 0.05) is 31.5 Å². The summed E-state index contributed by atoms with van der Waals surface area (Å²) >= 11 is 0. The van der Waals surface area contributed by atoms with Crippen molar-refractivity contribution in [2.24, 2.45) is 0 Å². The van der Waals surface area contributed by atoms with E-state index in [4.69, 9.17) is 0 Å². The molecule has 0 atom stereocenters. The van der Waals surface area contributed by atoms with Gasteiger partial charge in [-0.15, -0.1) is 0 Å². The van der Waals surface area contributed by atoms with Crippen molar-refractivity contribution in [3.63, 3.8) is 0 Å². The minimum Gasteiger partial charge on any atom is -0.354 e. The number of aromatic amines is 1. The Morgan fingerprint density at radius 3 is 2.67 bits per heavy atom. The number of nitrogens with one attached hydrogen (secondary N) is 2. The Morgan fingerprint density at radius 2 is 2.00 bits per heavy atom. The molecule has 0 bridgehead atoms. The van der Waals surface area contributed by atoms with Crippen LogP contribution in [0.1, 0.15) is 52.9 Å². The highest BCUT2D eigenvalue weighted by Crippen LogP contribution is 2.28. The van der Waals surface area contributed by atoms with Crippen LogP contribution >= 0.6 is 0 Å². The zero-order chi connectivity index (χ0) is 21.1. The van der Waals surface area contributed by atoms with Crippen LogP contribution < -0.4 is 10.9 Å². The Kier molecular flexibility index (Phi) is 5.90. The molecule has 4 heterocycles. The van der Waals surface area contributed by atoms with Gasteiger partial charge in [0.15, 0.2) is 0 Å². The number of piperidine rings is 1. The summed E-state index contributed by atoms with van der Waals surface area (Å²) < 4.78 is 0. The van der Waals surface area contributed by atoms with Crippen molar-refractivity contribution in [2.75, 3.05) is 20.1 Å². The lowest BCUT2D eigenvalue weighted by Crippen LogP contribution is -2.32. The number of likely N-dealkylation sites (tertiary alicyclic amines) is 1. The van der Waals surface area contributed by atoms with E-state index in [0.717, 1.165) is 54.6 Å². The lowest BCUT2D eigenvalue weighted by Gasteiger charge is -2.32. The third-order valence-corrected chi connectivity index (χ3v) is 5.92. The number of aromatic nitrogens is 3. The van der Waals surface area contributed by atoms with Crippen LogP contribution in [0.5, 0.6) is 0 Å². The zero-order valence-corrected chi connectivity index (χ0v) is 17.4. The molecule has 0 aliphatic carbocycles. The number of carbonyl (C=O) groups is 1. The maximum atomic E-state index is 12.1. The average Bonchev–Trinajstić information content (AvgIpc) is 2.78. The van der Waals surface area contributed by atoms with E-state index in [1.807, 2.05) is 37.5 Å². The molecule has 7 heteroatoms. The van der Waals surface area contributed by atoms with Gasteiger partial charge in [-0.2, -0.15) is 0 Å². The highest BCUT2D eigenvalue weighted by Gasteiger charge is 2.21. The van der Waals surface area contributed by atoms with Crippen LogP contribution in [0.3, 0.4) is 0 Å². The Balaban J connectivity index is 1.38. The molecular formula is C23H27N5O2. The molecule has 1 aliphatic rings. The smallest absolute Gasteiger partial charge is 0.269 e. The number of rotatable bonds is 5. The lowest BCUT2D eigenvalue weighted by molar-refractivity contribution is 0.0958. The van der Waals surface area contributed by atoms with Crippen molar-refractivity contribution in [3.05, 3.63) is 69.4 Å². The average molecular weight is 406 g/mol. The van der Waals surface area contributed by atoms with Crippen LogP contribution in [0.25, 0.3) is 11.0 Å². The normalized spacial score (nSPS) is 15.4. The molecule has 0 aromatic carbocycles. The molecule has 0 spiro atoms. The van der Waals surface area contributed by atoms with Crippen LogP contribution in [0.2, 0.25) is 0 Å². The van der Waals surface area contributed by atoms with Crippen LogP contribution in [0.4, 0.5) is 0 Å². The molecule has 1 fully saturated rings. The van der Waals surface area contributed by atoms with E-state index in [9.17, 15) is 9.59 Å². The topological polar surface area (TPSA) is 91.0 Å². The summed E-state index contributed by atoms with van der Waals surface area (Å²) in [5.41, 5.74) is 5.12. The fraction of sp³-hybridized carbons (Fsp3) is 0.391. The summed E-state index contributed by atoms with van der Waals surface area (Å²) in [6.07, 6.45) is 6.55. The molecule has 1 aliphatic heterocycles. The number of amides is 1. The van der Waals surface area contributed by atoms with Gasteiger partial charge in [-0.05, 0) is 67.6 Å². The van der Waals surface area contributed by atoms with E-state index in [1.165, 1.54) is 5.56 Å². The summed E-state index contributed by atoms with van der Waals surface area (Å²) in [5, 5.41) is 2.60. The molecule has 30 heavy (non-hydrogen) atoms. The zero-order valence-electron chi connectivity index (χ0n) is 17.4. The van der Waals surface area contributed by atoms with E-state index in [1.54, 1.807) is 13.1 Å². The lowest BCUT2D eigenvalue weighted by atomic mass is 9.90. The van der Waals surface area contributed by atoms with Gasteiger partial charge in [-0.1, -0.05) is 13.0 Å². The summed E-state index contributed by atoms with van der Waals surface area (Å²) in [6, 6.07) is 7.74. The van der Waals surface area contributed by atoms with Gasteiger partial charge in [0.2, 0.25) is 0 Å². The van der Waals surface area contributed by atoms with Gasteiger partial charge in [0.1, 0.15) is 5.69 Å². The SMILES string of the molecule is CCc1cc2ncc(CN3CCC(c4ccc(C(=O)NC)nc4)CC3)cc2[nH]c1=O. The standard InChI is InChI=1S/C23H27N5O2/c1-3-16-11-20-21(27-22(16)29)10-15(12-25-20)14-28-8-6-17(7-9-28)18-4-5-19(26-13-18)23(30)24-2/h4-5,10-13,17H,3,6-9,14H2,1-2H3,(H,24,30)(H,27,29). The van der Waals surface area contributed by atoms with E-state index < -0.39 is 0 Å². The van der Waals surface area contributed by atoms with Gasteiger partial charge in [0.05, 0.1) is 11.0 Å². The number of pyridine rings is 3. The van der Waals surface area contributed by atoms with Crippen LogP contribution in [0.15, 0.2) is 41.5 Å². The summed E-state index contributed by atoms with van der Waals surface area (Å²) in [6.45, 7) is 4.78. The third-order valence-electron chi connectivity index (χ3n) is 5.92. The molecule has 0 unspecified atom stereocenters. The van der Waals surface area contributed by atoms with E-state index in [0.29, 0.717) is 18.0 Å².